The predicted molar refractivity (Wildman–Crippen MR) is 71.3 cm³/mol. The fourth-order valence-electron chi connectivity index (χ4n) is 1.57. The SMILES string of the molecule is COC(=O)COC(C(=O)O)c1ccccc1P(=O)(O)OC. The zero-order chi connectivity index (χ0) is 16.0. The molecule has 1 rings (SSSR count). The van der Waals surface area contributed by atoms with Crippen molar-refractivity contribution in [3.63, 3.8) is 0 Å². The van der Waals surface area contributed by atoms with Gasteiger partial charge in [-0.15, -0.1) is 0 Å². The quantitative estimate of drug-likeness (QED) is 0.549. The minimum atomic E-state index is -4.17. The van der Waals surface area contributed by atoms with E-state index in [0.29, 0.717) is 0 Å². The van der Waals surface area contributed by atoms with Crippen molar-refractivity contribution in [3.8, 4) is 0 Å². The molecule has 0 radical (unpaired) electrons. The van der Waals surface area contributed by atoms with Crippen molar-refractivity contribution >= 4 is 24.8 Å². The molecule has 0 saturated carbocycles. The van der Waals surface area contributed by atoms with E-state index in [1.807, 2.05) is 0 Å². The van der Waals surface area contributed by atoms with Gasteiger partial charge >= 0.3 is 19.5 Å². The number of methoxy groups -OCH3 is 1. The van der Waals surface area contributed by atoms with Crippen LogP contribution in [0.15, 0.2) is 24.3 Å². The van der Waals surface area contributed by atoms with Crippen LogP contribution < -0.4 is 5.30 Å². The Balaban J connectivity index is 3.18. The van der Waals surface area contributed by atoms with E-state index in [-0.39, 0.29) is 10.9 Å². The minimum absolute atomic E-state index is 0.0680. The van der Waals surface area contributed by atoms with Crippen molar-refractivity contribution < 1.29 is 38.2 Å². The van der Waals surface area contributed by atoms with E-state index in [1.165, 1.54) is 24.3 Å². The van der Waals surface area contributed by atoms with Crippen LogP contribution in [-0.2, 0) is 28.2 Å². The predicted octanol–water partition coefficient (Wildman–Crippen LogP) is 0.459. The van der Waals surface area contributed by atoms with Crippen molar-refractivity contribution in [2.45, 2.75) is 6.10 Å². The molecule has 2 atom stereocenters. The third-order valence-corrected chi connectivity index (χ3v) is 4.10. The molecular weight excluding hydrogens is 303 g/mol. The normalized spacial score (nSPS) is 15.0. The Morgan fingerprint density at radius 1 is 1.29 bits per heavy atom. The fourth-order valence-corrected chi connectivity index (χ4v) is 2.56. The van der Waals surface area contributed by atoms with Crippen molar-refractivity contribution in [3.05, 3.63) is 29.8 Å². The Kier molecular flexibility index (Phi) is 6.04. The monoisotopic (exact) mass is 318 g/mol. The standard InChI is InChI=1S/C12H15O8P/c1-18-10(13)7-20-11(12(14)15)8-5-3-4-6-9(8)21(16,17)19-2/h3-6,11H,7H2,1-2H3,(H,14,15)(H,16,17). The van der Waals surface area contributed by atoms with Crippen LogP contribution in [0.5, 0.6) is 0 Å². The molecule has 0 fully saturated rings. The summed E-state index contributed by atoms with van der Waals surface area (Å²) >= 11 is 0. The summed E-state index contributed by atoms with van der Waals surface area (Å²) in [6, 6.07) is 5.51. The Morgan fingerprint density at radius 2 is 1.90 bits per heavy atom. The second-order valence-electron chi connectivity index (χ2n) is 3.87. The number of carbonyl (C=O) groups is 2. The zero-order valence-electron chi connectivity index (χ0n) is 11.4. The summed E-state index contributed by atoms with van der Waals surface area (Å²) in [4.78, 5) is 32.0. The molecule has 0 spiro atoms. The van der Waals surface area contributed by atoms with Gasteiger partial charge in [0.05, 0.1) is 12.4 Å². The second-order valence-corrected chi connectivity index (χ2v) is 5.75. The lowest BCUT2D eigenvalue weighted by atomic mass is 10.1. The van der Waals surface area contributed by atoms with Crippen LogP contribution in [0, 0.1) is 0 Å². The van der Waals surface area contributed by atoms with E-state index in [4.69, 9.17) is 4.74 Å². The number of hydrogen-bond acceptors (Lipinski definition) is 6. The van der Waals surface area contributed by atoms with Crippen LogP contribution in [0.4, 0.5) is 0 Å². The highest BCUT2D eigenvalue weighted by Crippen LogP contribution is 2.42. The number of ether oxygens (including phenoxy) is 2. The van der Waals surface area contributed by atoms with Crippen LogP contribution in [0.1, 0.15) is 11.7 Å². The maximum absolute atomic E-state index is 11.9. The molecule has 0 aromatic heterocycles. The van der Waals surface area contributed by atoms with E-state index in [9.17, 15) is 24.2 Å². The highest BCUT2D eigenvalue weighted by Gasteiger charge is 2.32. The van der Waals surface area contributed by atoms with E-state index in [1.54, 1.807) is 0 Å². The molecule has 2 N–H and O–H groups in total. The van der Waals surface area contributed by atoms with Crippen molar-refractivity contribution in [2.24, 2.45) is 0 Å². The number of carboxylic acid groups (broad SMARTS) is 1. The molecule has 0 heterocycles. The zero-order valence-corrected chi connectivity index (χ0v) is 12.3. The molecule has 0 aliphatic heterocycles. The highest BCUT2D eigenvalue weighted by atomic mass is 31.2. The summed E-state index contributed by atoms with van der Waals surface area (Å²) in [6.07, 6.45) is -1.60. The molecule has 116 valence electrons. The van der Waals surface area contributed by atoms with Gasteiger partial charge in [0.1, 0.15) is 6.61 Å². The average molecular weight is 318 g/mol. The summed E-state index contributed by atoms with van der Waals surface area (Å²) in [6.45, 7) is -0.607. The number of aliphatic carboxylic acids is 1. The van der Waals surface area contributed by atoms with Gasteiger partial charge in [-0.3, -0.25) is 4.57 Å². The molecule has 0 aliphatic carbocycles. The summed E-state index contributed by atoms with van der Waals surface area (Å²) in [5, 5.41) is 8.98. The van der Waals surface area contributed by atoms with Gasteiger partial charge in [-0.25, -0.2) is 9.59 Å². The number of benzene rings is 1. The first-order valence-corrected chi connectivity index (χ1v) is 7.30. The summed E-state index contributed by atoms with van der Waals surface area (Å²) in [5.74, 6) is -2.18. The van der Waals surface area contributed by atoms with E-state index < -0.39 is 32.2 Å². The molecule has 1 aromatic rings. The van der Waals surface area contributed by atoms with Crippen LogP contribution in [0.2, 0.25) is 0 Å². The first kappa shape index (κ1) is 17.3. The molecule has 0 saturated heterocycles. The number of rotatable bonds is 7. The van der Waals surface area contributed by atoms with Gasteiger partial charge in [0.25, 0.3) is 0 Å². The highest BCUT2D eigenvalue weighted by molar-refractivity contribution is 7.61. The fraction of sp³-hybridized carbons (Fsp3) is 0.333. The van der Waals surface area contributed by atoms with Gasteiger partial charge in [0.15, 0.2) is 6.10 Å². The number of esters is 1. The Labute approximate surface area is 120 Å². The summed E-state index contributed by atoms with van der Waals surface area (Å²) in [5.41, 5.74) is -0.0680. The van der Waals surface area contributed by atoms with Crippen LogP contribution in [0.25, 0.3) is 0 Å². The van der Waals surface area contributed by atoms with E-state index in [0.717, 1.165) is 14.2 Å². The van der Waals surface area contributed by atoms with Gasteiger partial charge in [-0.05, 0) is 6.07 Å². The van der Waals surface area contributed by atoms with Gasteiger partial charge in [0.2, 0.25) is 0 Å². The van der Waals surface area contributed by atoms with Gasteiger partial charge in [-0.2, -0.15) is 0 Å². The molecule has 0 aliphatic rings. The Hall–Kier alpha value is -1.73. The molecule has 0 bridgehead atoms. The minimum Gasteiger partial charge on any atom is -0.479 e. The third kappa shape index (κ3) is 4.37. The van der Waals surface area contributed by atoms with Crippen LogP contribution in [-0.4, -0.2) is 42.8 Å². The Morgan fingerprint density at radius 3 is 2.43 bits per heavy atom. The maximum Gasteiger partial charge on any atom is 0.358 e. The molecule has 8 nitrogen and oxygen atoms in total. The van der Waals surface area contributed by atoms with Gasteiger partial charge in [-0.1, -0.05) is 18.2 Å². The topological polar surface area (TPSA) is 119 Å². The lowest BCUT2D eigenvalue weighted by Gasteiger charge is -2.19. The largest absolute Gasteiger partial charge is 0.479 e. The van der Waals surface area contributed by atoms with Gasteiger partial charge in [0, 0.05) is 12.7 Å². The smallest absolute Gasteiger partial charge is 0.358 e. The number of carboxylic acids is 1. The van der Waals surface area contributed by atoms with Crippen molar-refractivity contribution in [2.75, 3.05) is 20.8 Å². The molecular formula is C12H15O8P. The summed E-state index contributed by atoms with van der Waals surface area (Å²) in [7, 11) is -2.01. The first-order valence-electron chi connectivity index (χ1n) is 5.72. The van der Waals surface area contributed by atoms with Crippen molar-refractivity contribution in [1.82, 2.24) is 0 Å². The molecule has 21 heavy (non-hydrogen) atoms. The van der Waals surface area contributed by atoms with Crippen LogP contribution in [0.3, 0.4) is 0 Å². The first-order chi connectivity index (χ1) is 9.83. The van der Waals surface area contributed by atoms with Crippen molar-refractivity contribution in [1.29, 1.82) is 0 Å². The molecule has 9 heteroatoms. The number of carbonyl (C=O) groups excluding carboxylic acids is 1. The maximum atomic E-state index is 11.9. The van der Waals surface area contributed by atoms with E-state index >= 15 is 0 Å². The van der Waals surface area contributed by atoms with E-state index in [2.05, 4.69) is 9.26 Å². The molecule has 1 aromatic carbocycles. The van der Waals surface area contributed by atoms with Crippen LogP contribution >= 0.6 is 7.60 Å². The second kappa shape index (κ2) is 7.33. The molecule has 0 amide bonds. The number of hydrogen-bond donors (Lipinski definition) is 2. The molecule has 2 unspecified atom stereocenters. The lowest BCUT2D eigenvalue weighted by molar-refractivity contribution is -0.158. The lowest BCUT2D eigenvalue weighted by Crippen LogP contribution is -2.25. The average Bonchev–Trinajstić information content (AvgIpc) is 2.47. The summed E-state index contributed by atoms with van der Waals surface area (Å²) < 4.78 is 25.7. The third-order valence-electron chi connectivity index (χ3n) is 2.59. The van der Waals surface area contributed by atoms with Gasteiger partial charge < -0.3 is 24.0 Å². The Bertz CT molecular complexity index is 570.